The highest BCUT2D eigenvalue weighted by molar-refractivity contribution is 5.59. The Morgan fingerprint density at radius 3 is 2.26 bits per heavy atom. The Balaban J connectivity index is 2.03. The van der Waals surface area contributed by atoms with E-state index >= 15 is 0 Å². The number of hydrogen-bond acceptors (Lipinski definition) is 3. The van der Waals surface area contributed by atoms with Crippen LogP contribution in [0.25, 0.3) is 0 Å². The monoisotopic (exact) mass is 322 g/mol. The van der Waals surface area contributed by atoms with E-state index in [1.807, 2.05) is 0 Å². The van der Waals surface area contributed by atoms with Crippen LogP contribution in [0.4, 0.5) is 0 Å². The zero-order valence-electron chi connectivity index (χ0n) is 14.6. The minimum Gasteiger partial charge on any atom is -0.493 e. The summed E-state index contributed by atoms with van der Waals surface area (Å²) in [5, 5.41) is 2.40. The van der Waals surface area contributed by atoms with Crippen molar-refractivity contribution >= 4 is 0 Å². The Morgan fingerprint density at radius 1 is 0.957 bits per heavy atom. The van der Waals surface area contributed by atoms with E-state index in [1.54, 1.807) is 26.2 Å². The largest absolute Gasteiger partial charge is 0.493 e. The van der Waals surface area contributed by atoms with E-state index in [-0.39, 0.29) is 0 Å². The average molecular weight is 322 g/mol. The van der Waals surface area contributed by atoms with Gasteiger partial charge in [-0.05, 0) is 31.7 Å². The van der Waals surface area contributed by atoms with E-state index < -0.39 is 0 Å². The number of methoxy groups -OCH3 is 3. The van der Waals surface area contributed by atoms with E-state index in [0.717, 1.165) is 24.6 Å². The molecule has 0 spiro atoms. The summed E-state index contributed by atoms with van der Waals surface area (Å²) in [6.45, 7) is 4.63. The third kappa shape index (κ3) is 3.12. The predicted octanol–water partition coefficient (Wildman–Crippen LogP) is 0.289. The fraction of sp³-hybridized carbons (Fsp3) is 0.667. The lowest BCUT2D eigenvalue weighted by atomic mass is 9.93. The van der Waals surface area contributed by atoms with Crippen molar-refractivity contribution in [2.24, 2.45) is 0 Å². The standard InChI is InChI=1S/C18H28N2O3/c1-21-16-10-13-14(17(22-2)18(16)23-3)11-19-12-15(13)20-8-6-4-5-7-9-20/h10,15,19H,4-9,11-12H2,1-3H3/p+2/t15-/m0/s1. The molecule has 0 saturated carbocycles. The molecule has 23 heavy (non-hydrogen) atoms. The molecule has 1 atom stereocenters. The number of benzene rings is 1. The van der Waals surface area contributed by atoms with E-state index in [0.29, 0.717) is 11.8 Å². The lowest BCUT2D eigenvalue weighted by Crippen LogP contribution is -3.15. The van der Waals surface area contributed by atoms with Gasteiger partial charge in [-0.25, -0.2) is 0 Å². The van der Waals surface area contributed by atoms with Crippen LogP contribution in [-0.2, 0) is 6.54 Å². The molecule has 5 heteroatoms. The minimum absolute atomic E-state index is 0.519. The second kappa shape index (κ2) is 7.41. The van der Waals surface area contributed by atoms with Gasteiger partial charge in [-0.3, -0.25) is 0 Å². The molecule has 0 unspecified atom stereocenters. The number of ether oxygens (including phenoxy) is 3. The van der Waals surface area contributed by atoms with Gasteiger partial charge in [-0.2, -0.15) is 0 Å². The summed E-state index contributed by atoms with van der Waals surface area (Å²) in [6, 6.07) is 2.71. The van der Waals surface area contributed by atoms with Crippen molar-refractivity contribution in [2.75, 3.05) is 41.0 Å². The van der Waals surface area contributed by atoms with Gasteiger partial charge in [-0.15, -0.1) is 0 Å². The van der Waals surface area contributed by atoms with Crippen molar-refractivity contribution in [3.8, 4) is 17.2 Å². The summed E-state index contributed by atoms with van der Waals surface area (Å²) in [6.07, 6.45) is 5.43. The lowest BCUT2D eigenvalue weighted by Gasteiger charge is -2.32. The van der Waals surface area contributed by atoms with Gasteiger partial charge in [0.25, 0.3) is 0 Å². The molecule has 2 aliphatic heterocycles. The highest BCUT2D eigenvalue weighted by Gasteiger charge is 2.36. The molecule has 0 aromatic heterocycles. The van der Waals surface area contributed by atoms with Gasteiger partial charge in [0.15, 0.2) is 17.5 Å². The summed E-state index contributed by atoms with van der Waals surface area (Å²) in [5.41, 5.74) is 2.66. The molecule has 3 rings (SSSR count). The summed E-state index contributed by atoms with van der Waals surface area (Å²) in [7, 11) is 5.10. The van der Waals surface area contributed by atoms with Crippen LogP contribution in [-0.4, -0.2) is 41.0 Å². The summed E-state index contributed by atoms with van der Waals surface area (Å²) < 4.78 is 16.8. The molecule has 1 aromatic rings. The van der Waals surface area contributed by atoms with Crippen molar-refractivity contribution < 1.29 is 24.4 Å². The molecule has 1 aromatic carbocycles. The molecular weight excluding hydrogens is 292 g/mol. The van der Waals surface area contributed by atoms with Gasteiger partial charge in [-0.1, -0.05) is 0 Å². The van der Waals surface area contributed by atoms with Gasteiger partial charge in [0.2, 0.25) is 5.75 Å². The van der Waals surface area contributed by atoms with E-state index in [9.17, 15) is 0 Å². The molecule has 128 valence electrons. The van der Waals surface area contributed by atoms with Crippen LogP contribution in [0.2, 0.25) is 0 Å². The van der Waals surface area contributed by atoms with Gasteiger partial charge in [0, 0.05) is 5.56 Å². The minimum atomic E-state index is 0.519. The fourth-order valence-corrected chi connectivity index (χ4v) is 4.20. The third-order valence-electron chi connectivity index (χ3n) is 5.33. The Morgan fingerprint density at radius 2 is 1.65 bits per heavy atom. The Hall–Kier alpha value is -1.46. The maximum absolute atomic E-state index is 5.70. The van der Waals surface area contributed by atoms with Crippen molar-refractivity contribution in [2.45, 2.75) is 38.3 Å². The zero-order chi connectivity index (χ0) is 16.2. The Bertz CT molecular complexity index is 540. The maximum Gasteiger partial charge on any atom is 0.203 e. The summed E-state index contributed by atoms with van der Waals surface area (Å²) >= 11 is 0. The topological polar surface area (TPSA) is 48.7 Å². The van der Waals surface area contributed by atoms with Crippen LogP contribution in [0.3, 0.4) is 0 Å². The molecule has 1 fully saturated rings. The van der Waals surface area contributed by atoms with Crippen LogP contribution in [0, 0.1) is 0 Å². The second-order valence-electron chi connectivity index (χ2n) is 6.57. The smallest absolute Gasteiger partial charge is 0.203 e. The number of fused-ring (bicyclic) bond motifs is 1. The van der Waals surface area contributed by atoms with Crippen molar-refractivity contribution in [3.63, 3.8) is 0 Å². The molecule has 0 aliphatic carbocycles. The Labute approximate surface area is 138 Å². The van der Waals surface area contributed by atoms with E-state index in [2.05, 4.69) is 11.4 Å². The van der Waals surface area contributed by atoms with Crippen LogP contribution >= 0.6 is 0 Å². The van der Waals surface area contributed by atoms with Crippen molar-refractivity contribution in [3.05, 3.63) is 17.2 Å². The van der Waals surface area contributed by atoms with Crippen molar-refractivity contribution in [1.29, 1.82) is 0 Å². The fourth-order valence-electron chi connectivity index (χ4n) is 4.20. The highest BCUT2D eigenvalue weighted by atomic mass is 16.5. The second-order valence-corrected chi connectivity index (χ2v) is 6.57. The van der Waals surface area contributed by atoms with Gasteiger partial charge < -0.3 is 24.4 Å². The molecule has 2 heterocycles. The molecule has 0 amide bonds. The first-order valence-corrected chi connectivity index (χ1v) is 8.78. The first kappa shape index (κ1) is 16.4. The first-order valence-electron chi connectivity index (χ1n) is 8.78. The number of nitrogens with two attached hydrogens (primary N) is 1. The number of quaternary nitrogens is 2. The normalized spacial score (nSPS) is 22.1. The van der Waals surface area contributed by atoms with Crippen LogP contribution in [0.15, 0.2) is 6.07 Å². The average Bonchev–Trinajstić information content (AvgIpc) is 2.88. The maximum atomic E-state index is 5.70. The molecule has 1 saturated heterocycles. The first-order chi connectivity index (χ1) is 11.3. The summed E-state index contributed by atoms with van der Waals surface area (Å²) in [4.78, 5) is 1.72. The summed E-state index contributed by atoms with van der Waals surface area (Å²) in [5.74, 6) is 2.34. The van der Waals surface area contributed by atoms with Crippen LogP contribution < -0.4 is 24.4 Å². The van der Waals surface area contributed by atoms with Gasteiger partial charge >= 0.3 is 0 Å². The molecule has 5 nitrogen and oxygen atoms in total. The predicted molar refractivity (Wildman–Crippen MR) is 88.5 cm³/mol. The van der Waals surface area contributed by atoms with Crippen LogP contribution in [0.5, 0.6) is 17.2 Å². The molecule has 0 radical (unpaired) electrons. The number of rotatable bonds is 4. The third-order valence-corrected chi connectivity index (χ3v) is 5.33. The SMILES string of the molecule is COc1cc2c(c(OC)c1OC)C[NH2+]C[C@@H]2[NH+]1CCCCCC1. The van der Waals surface area contributed by atoms with E-state index in [4.69, 9.17) is 14.2 Å². The van der Waals surface area contributed by atoms with Crippen molar-refractivity contribution in [1.82, 2.24) is 0 Å². The quantitative estimate of drug-likeness (QED) is 0.838. The van der Waals surface area contributed by atoms with Crippen LogP contribution in [0.1, 0.15) is 42.9 Å². The number of hydrogen-bond donors (Lipinski definition) is 2. The molecule has 0 bridgehead atoms. The highest BCUT2D eigenvalue weighted by Crippen LogP contribution is 2.43. The van der Waals surface area contributed by atoms with E-state index in [1.165, 1.54) is 49.9 Å². The molecular formula is C18H30N2O3+2. The zero-order valence-corrected chi connectivity index (χ0v) is 14.6. The Kier molecular flexibility index (Phi) is 5.28. The molecule has 2 aliphatic rings. The lowest BCUT2D eigenvalue weighted by molar-refractivity contribution is -0.947. The number of nitrogens with one attached hydrogen (secondary N) is 1. The molecule has 3 N–H and O–H groups in total. The van der Waals surface area contributed by atoms with Gasteiger partial charge in [0.1, 0.15) is 13.1 Å². The number of likely N-dealkylation sites (tertiary alicyclic amines) is 1. The van der Waals surface area contributed by atoms with Gasteiger partial charge in [0.05, 0.1) is 40.0 Å².